The van der Waals surface area contributed by atoms with Crippen LogP contribution in [0.2, 0.25) is 0 Å². The number of hydrogen-bond donors (Lipinski definition) is 1. The van der Waals surface area contributed by atoms with E-state index in [0.29, 0.717) is 12.1 Å². The predicted molar refractivity (Wildman–Crippen MR) is 64.5 cm³/mol. The Bertz CT molecular complexity index is 244. The summed E-state index contributed by atoms with van der Waals surface area (Å²) in [6.45, 7) is 11.7. The van der Waals surface area contributed by atoms with Crippen LogP contribution in [0, 0.1) is 0 Å². The first-order valence-corrected chi connectivity index (χ1v) is 5.25. The highest BCUT2D eigenvalue weighted by Gasteiger charge is 2.11. The molecule has 0 fully saturated rings. The van der Waals surface area contributed by atoms with Gasteiger partial charge in [0.05, 0.1) is 27.2 Å². The Balaban J connectivity index is 3.66. The van der Waals surface area contributed by atoms with Crippen molar-refractivity contribution < 1.29 is 9.28 Å². The van der Waals surface area contributed by atoms with Crippen LogP contribution >= 0.6 is 0 Å². The molecule has 0 spiro atoms. The molecule has 0 aromatic heterocycles. The van der Waals surface area contributed by atoms with Gasteiger partial charge in [0.25, 0.3) is 0 Å². The fraction of sp³-hybridized carbons (Fsp3) is 0.583. The highest BCUT2D eigenvalue weighted by atomic mass is 16.1. The summed E-state index contributed by atoms with van der Waals surface area (Å²) in [5.41, 5.74) is 0.565. The summed E-state index contributed by atoms with van der Waals surface area (Å²) >= 11 is 0. The van der Waals surface area contributed by atoms with E-state index >= 15 is 0 Å². The van der Waals surface area contributed by atoms with Crippen molar-refractivity contribution in [3.05, 3.63) is 24.8 Å². The zero-order valence-electron chi connectivity index (χ0n) is 10.2. The molecule has 3 nitrogen and oxygen atoms in total. The van der Waals surface area contributed by atoms with Gasteiger partial charge in [-0.25, -0.2) is 0 Å². The topological polar surface area (TPSA) is 29.1 Å². The maximum absolute atomic E-state index is 11.2. The van der Waals surface area contributed by atoms with Crippen molar-refractivity contribution in [2.75, 3.05) is 33.7 Å². The van der Waals surface area contributed by atoms with E-state index in [1.54, 1.807) is 6.92 Å². The quantitative estimate of drug-likeness (QED) is 0.293. The highest BCUT2D eigenvalue weighted by Crippen LogP contribution is 1.98. The zero-order chi connectivity index (χ0) is 11.9. The minimum atomic E-state index is -0.0518. The molecule has 0 aliphatic heterocycles. The van der Waals surface area contributed by atoms with E-state index in [9.17, 15) is 4.79 Å². The number of nitrogens with zero attached hydrogens (tertiary/aromatic N) is 1. The van der Waals surface area contributed by atoms with Gasteiger partial charge in [-0.2, -0.15) is 0 Å². The van der Waals surface area contributed by atoms with E-state index < -0.39 is 0 Å². The third kappa shape index (κ3) is 6.91. The number of amides is 1. The molecular weight excluding hydrogens is 188 g/mol. The molecule has 0 rings (SSSR count). The second-order valence-electron chi connectivity index (χ2n) is 4.52. The van der Waals surface area contributed by atoms with Crippen LogP contribution in [-0.2, 0) is 4.79 Å². The van der Waals surface area contributed by atoms with Crippen molar-refractivity contribution in [1.82, 2.24) is 5.32 Å². The van der Waals surface area contributed by atoms with Crippen molar-refractivity contribution >= 4 is 5.91 Å². The van der Waals surface area contributed by atoms with E-state index in [1.165, 1.54) is 0 Å². The van der Waals surface area contributed by atoms with Crippen molar-refractivity contribution in [2.24, 2.45) is 0 Å². The predicted octanol–water partition coefficient (Wildman–Crippen LogP) is 1.33. The molecule has 1 amide bonds. The van der Waals surface area contributed by atoms with Gasteiger partial charge in [0.15, 0.2) is 0 Å². The molecule has 0 atom stereocenters. The lowest BCUT2D eigenvalue weighted by Crippen LogP contribution is -2.41. The molecule has 86 valence electrons. The lowest BCUT2D eigenvalue weighted by Gasteiger charge is -2.28. The molecule has 3 heteroatoms. The Labute approximate surface area is 93.1 Å². The Hall–Kier alpha value is -1.09. The molecule has 0 saturated carbocycles. The Morgan fingerprint density at radius 2 is 2.07 bits per heavy atom. The molecule has 0 heterocycles. The van der Waals surface area contributed by atoms with E-state index in [2.05, 4.69) is 32.6 Å². The maximum atomic E-state index is 11.2. The number of carbonyl (C=O) groups is 1. The van der Waals surface area contributed by atoms with Crippen LogP contribution in [0.15, 0.2) is 24.8 Å². The Kier molecular flexibility index (Phi) is 5.94. The molecule has 15 heavy (non-hydrogen) atoms. The lowest BCUT2D eigenvalue weighted by atomic mass is 10.3. The van der Waals surface area contributed by atoms with Crippen LogP contribution in [0.5, 0.6) is 0 Å². The monoisotopic (exact) mass is 211 g/mol. The number of quaternary nitrogens is 1. The minimum absolute atomic E-state index is 0.0518. The first kappa shape index (κ1) is 13.9. The van der Waals surface area contributed by atoms with E-state index in [-0.39, 0.29) is 5.91 Å². The molecule has 0 saturated heterocycles. The van der Waals surface area contributed by atoms with Crippen LogP contribution in [0.3, 0.4) is 0 Å². The molecular formula is C12H23N2O+. The van der Waals surface area contributed by atoms with Crippen molar-refractivity contribution in [3.63, 3.8) is 0 Å². The number of carbonyl (C=O) groups excluding carboxylic acids is 1. The number of likely N-dealkylation sites (N-methyl/N-ethyl adjacent to an activating group) is 1. The third-order valence-corrected chi connectivity index (χ3v) is 2.24. The second kappa shape index (κ2) is 6.40. The van der Waals surface area contributed by atoms with Crippen LogP contribution in [0.25, 0.3) is 0 Å². The molecule has 0 aliphatic rings. The van der Waals surface area contributed by atoms with Crippen molar-refractivity contribution in [1.29, 1.82) is 0 Å². The second-order valence-corrected chi connectivity index (χ2v) is 4.52. The van der Waals surface area contributed by atoms with Gasteiger partial charge < -0.3 is 9.80 Å². The number of rotatable bonds is 7. The molecule has 0 radical (unpaired) electrons. The zero-order valence-corrected chi connectivity index (χ0v) is 10.2. The summed E-state index contributed by atoms with van der Waals surface area (Å²) in [5.74, 6) is -0.0518. The summed E-state index contributed by atoms with van der Waals surface area (Å²) in [6, 6.07) is 0. The smallest absolute Gasteiger partial charge is 0.246 e. The maximum Gasteiger partial charge on any atom is 0.246 e. The first-order valence-electron chi connectivity index (χ1n) is 5.25. The first-order chi connectivity index (χ1) is 6.89. The van der Waals surface area contributed by atoms with Gasteiger partial charge in [0.1, 0.15) is 0 Å². The van der Waals surface area contributed by atoms with E-state index in [4.69, 9.17) is 0 Å². The summed E-state index contributed by atoms with van der Waals surface area (Å²) in [4.78, 5) is 11.2. The molecule has 0 bridgehead atoms. The van der Waals surface area contributed by atoms with Gasteiger partial charge in [0.2, 0.25) is 5.91 Å². The largest absolute Gasteiger partial charge is 0.352 e. The van der Waals surface area contributed by atoms with Crippen molar-refractivity contribution in [3.8, 4) is 0 Å². The highest BCUT2D eigenvalue weighted by molar-refractivity contribution is 5.91. The molecule has 0 aromatic carbocycles. The minimum Gasteiger partial charge on any atom is -0.352 e. The molecule has 0 unspecified atom stereocenters. The lowest BCUT2D eigenvalue weighted by molar-refractivity contribution is -0.884. The number of hydrogen-bond acceptors (Lipinski definition) is 1. The normalized spacial score (nSPS) is 10.9. The van der Waals surface area contributed by atoms with Gasteiger partial charge in [-0.3, -0.25) is 4.79 Å². The van der Waals surface area contributed by atoms with Gasteiger partial charge in [0, 0.05) is 18.5 Å². The average molecular weight is 211 g/mol. The Morgan fingerprint density at radius 1 is 1.47 bits per heavy atom. The van der Waals surface area contributed by atoms with Crippen LogP contribution < -0.4 is 5.32 Å². The summed E-state index contributed by atoms with van der Waals surface area (Å²) in [5, 5.41) is 2.82. The van der Waals surface area contributed by atoms with Gasteiger partial charge in [-0.05, 0) is 13.0 Å². The molecule has 0 aliphatic carbocycles. The third-order valence-electron chi connectivity index (χ3n) is 2.24. The average Bonchev–Trinajstić information content (AvgIpc) is 2.11. The standard InChI is InChI=1S/C12H22N2O/c1-6-9-14(4,5)10-7-8-13-12(15)11(2)3/h6H,1-2,7-10H2,3-5H3/p+1. The fourth-order valence-electron chi connectivity index (χ4n) is 1.30. The summed E-state index contributed by atoms with van der Waals surface area (Å²) in [7, 11) is 4.31. The molecule has 0 aromatic rings. The fourth-order valence-corrected chi connectivity index (χ4v) is 1.30. The van der Waals surface area contributed by atoms with E-state index in [1.807, 2.05) is 6.08 Å². The molecule has 1 N–H and O–H groups in total. The SMILES string of the molecule is C=CC[N+](C)(C)CCCNC(=O)C(=C)C. The van der Waals surface area contributed by atoms with Crippen LogP contribution in [0.1, 0.15) is 13.3 Å². The van der Waals surface area contributed by atoms with Gasteiger partial charge in [-0.1, -0.05) is 13.2 Å². The Morgan fingerprint density at radius 3 is 2.53 bits per heavy atom. The number of nitrogens with one attached hydrogen (secondary N) is 1. The van der Waals surface area contributed by atoms with Gasteiger partial charge >= 0.3 is 0 Å². The van der Waals surface area contributed by atoms with Crippen LogP contribution in [-0.4, -0.2) is 44.1 Å². The van der Waals surface area contributed by atoms with Crippen LogP contribution in [0.4, 0.5) is 0 Å². The van der Waals surface area contributed by atoms with Gasteiger partial charge in [-0.15, -0.1) is 0 Å². The summed E-state index contributed by atoms with van der Waals surface area (Å²) < 4.78 is 0.909. The summed E-state index contributed by atoms with van der Waals surface area (Å²) in [6.07, 6.45) is 2.90. The van der Waals surface area contributed by atoms with Crippen molar-refractivity contribution in [2.45, 2.75) is 13.3 Å². The van der Waals surface area contributed by atoms with E-state index in [0.717, 1.165) is 24.0 Å².